The monoisotopic (exact) mass is 324 g/mol. The topological polar surface area (TPSA) is 18.5 Å². The van der Waals surface area contributed by atoms with Crippen LogP contribution in [0.5, 0.6) is 5.75 Å². The van der Waals surface area contributed by atoms with Gasteiger partial charge in [-0.15, -0.1) is 0 Å². The molecule has 2 aliphatic rings. The summed E-state index contributed by atoms with van der Waals surface area (Å²) in [6, 6.07) is 6.34. The predicted octanol–water partition coefficient (Wildman–Crippen LogP) is 4.35. The molecular formula is C16H21BrO2. The van der Waals surface area contributed by atoms with E-state index in [4.69, 9.17) is 9.47 Å². The molecule has 3 heteroatoms. The average Bonchev–Trinajstić information content (AvgIpc) is 2.37. The first-order valence-corrected chi connectivity index (χ1v) is 7.92. The Morgan fingerprint density at radius 3 is 2.89 bits per heavy atom. The minimum absolute atomic E-state index is 0.00622. The van der Waals surface area contributed by atoms with Crippen molar-refractivity contribution in [3.8, 4) is 5.75 Å². The molecule has 2 aliphatic heterocycles. The maximum atomic E-state index is 6.24. The summed E-state index contributed by atoms with van der Waals surface area (Å²) in [5, 5.41) is 0. The summed E-state index contributed by atoms with van der Waals surface area (Å²) < 4.78 is 13.2. The van der Waals surface area contributed by atoms with Gasteiger partial charge in [0, 0.05) is 17.0 Å². The summed E-state index contributed by atoms with van der Waals surface area (Å²) in [6.07, 6.45) is 4.84. The second-order valence-corrected chi connectivity index (χ2v) is 7.22. The van der Waals surface area contributed by atoms with Gasteiger partial charge in [-0.25, -0.2) is 0 Å². The Morgan fingerprint density at radius 2 is 2.11 bits per heavy atom. The molecule has 104 valence electrons. The SMILES string of the molecule is CC1(C)CC(C2CCc3cc(Br)ccc3O2)CCO1. The summed E-state index contributed by atoms with van der Waals surface area (Å²) >= 11 is 3.52. The number of fused-ring (bicyclic) bond motifs is 1. The molecule has 1 aromatic carbocycles. The molecule has 0 radical (unpaired) electrons. The van der Waals surface area contributed by atoms with E-state index in [2.05, 4.69) is 48.0 Å². The Kier molecular flexibility index (Phi) is 3.61. The summed E-state index contributed by atoms with van der Waals surface area (Å²) in [6.45, 7) is 5.24. The summed E-state index contributed by atoms with van der Waals surface area (Å²) in [4.78, 5) is 0. The number of ether oxygens (including phenoxy) is 2. The van der Waals surface area contributed by atoms with Gasteiger partial charge in [0.1, 0.15) is 11.9 Å². The van der Waals surface area contributed by atoms with Crippen LogP contribution in [0.3, 0.4) is 0 Å². The Balaban J connectivity index is 1.73. The third kappa shape index (κ3) is 2.97. The molecule has 1 aromatic rings. The van der Waals surface area contributed by atoms with Gasteiger partial charge in [-0.1, -0.05) is 15.9 Å². The van der Waals surface area contributed by atoms with Crippen LogP contribution in [0.25, 0.3) is 0 Å². The maximum absolute atomic E-state index is 6.24. The van der Waals surface area contributed by atoms with E-state index in [9.17, 15) is 0 Å². The summed E-state index contributed by atoms with van der Waals surface area (Å²) in [5.41, 5.74) is 1.34. The second-order valence-electron chi connectivity index (χ2n) is 6.31. The lowest BCUT2D eigenvalue weighted by Gasteiger charge is -2.40. The maximum Gasteiger partial charge on any atom is 0.122 e. The molecular weight excluding hydrogens is 304 g/mol. The molecule has 2 atom stereocenters. The van der Waals surface area contributed by atoms with Gasteiger partial charge in [0.2, 0.25) is 0 Å². The number of rotatable bonds is 1. The number of aryl methyl sites for hydroxylation is 1. The molecule has 2 nitrogen and oxygen atoms in total. The molecule has 3 rings (SSSR count). The lowest BCUT2D eigenvalue weighted by Crippen LogP contribution is -2.41. The lowest BCUT2D eigenvalue weighted by molar-refractivity contribution is -0.0934. The van der Waals surface area contributed by atoms with Crippen molar-refractivity contribution < 1.29 is 9.47 Å². The van der Waals surface area contributed by atoms with E-state index in [0.29, 0.717) is 12.0 Å². The van der Waals surface area contributed by atoms with Gasteiger partial charge in [-0.2, -0.15) is 0 Å². The highest BCUT2D eigenvalue weighted by Crippen LogP contribution is 2.38. The quantitative estimate of drug-likeness (QED) is 0.764. The van der Waals surface area contributed by atoms with E-state index in [0.717, 1.165) is 42.5 Å². The zero-order chi connectivity index (χ0) is 13.5. The van der Waals surface area contributed by atoms with E-state index >= 15 is 0 Å². The summed E-state index contributed by atoms with van der Waals surface area (Å²) in [5.74, 6) is 1.70. The molecule has 0 spiro atoms. The molecule has 0 aromatic heterocycles. The minimum Gasteiger partial charge on any atom is -0.490 e. The van der Waals surface area contributed by atoms with Crippen molar-refractivity contribution >= 4 is 15.9 Å². The highest BCUT2D eigenvalue weighted by molar-refractivity contribution is 9.10. The molecule has 2 heterocycles. The van der Waals surface area contributed by atoms with Crippen LogP contribution in [-0.2, 0) is 11.2 Å². The molecule has 0 bridgehead atoms. The fourth-order valence-corrected chi connectivity index (χ4v) is 3.71. The molecule has 1 fully saturated rings. The Bertz CT molecular complexity index is 470. The van der Waals surface area contributed by atoms with Crippen molar-refractivity contribution in [1.29, 1.82) is 0 Å². The highest BCUT2D eigenvalue weighted by Gasteiger charge is 2.36. The largest absolute Gasteiger partial charge is 0.490 e. The summed E-state index contributed by atoms with van der Waals surface area (Å²) in [7, 11) is 0. The minimum atomic E-state index is 0.00622. The van der Waals surface area contributed by atoms with Gasteiger partial charge in [-0.3, -0.25) is 0 Å². The number of halogens is 1. The average molecular weight is 325 g/mol. The third-order valence-electron chi connectivity index (χ3n) is 4.26. The zero-order valence-corrected chi connectivity index (χ0v) is 13.2. The molecule has 0 saturated carbocycles. The van der Waals surface area contributed by atoms with E-state index in [1.54, 1.807) is 0 Å². The molecule has 19 heavy (non-hydrogen) atoms. The number of benzene rings is 1. The van der Waals surface area contributed by atoms with Gasteiger partial charge in [0.15, 0.2) is 0 Å². The van der Waals surface area contributed by atoms with E-state index < -0.39 is 0 Å². The third-order valence-corrected chi connectivity index (χ3v) is 4.75. The van der Waals surface area contributed by atoms with Crippen LogP contribution in [0.1, 0.15) is 38.7 Å². The Morgan fingerprint density at radius 1 is 1.26 bits per heavy atom. The number of hydrogen-bond donors (Lipinski definition) is 0. The van der Waals surface area contributed by atoms with E-state index in [1.807, 2.05) is 0 Å². The molecule has 0 aliphatic carbocycles. The molecule has 0 amide bonds. The van der Waals surface area contributed by atoms with Crippen LogP contribution < -0.4 is 4.74 Å². The van der Waals surface area contributed by atoms with E-state index in [1.165, 1.54) is 5.56 Å². The molecule has 2 unspecified atom stereocenters. The van der Waals surface area contributed by atoms with Crippen LogP contribution in [-0.4, -0.2) is 18.3 Å². The smallest absolute Gasteiger partial charge is 0.122 e. The normalized spacial score (nSPS) is 29.4. The Labute approximate surface area is 123 Å². The molecule has 0 N–H and O–H groups in total. The van der Waals surface area contributed by atoms with Gasteiger partial charge in [-0.05, 0) is 63.3 Å². The fraction of sp³-hybridized carbons (Fsp3) is 0.625. The van der Waals surface area contributed by atoms with Crippen LogP contribution in [0, 0.1) is 5.92 Å². The van der Waals surface area contributed by atoms with Crippen molar-refractivity contribution in [2.24, 2.45) is 5.92 Å². The standard InChI is InChI=1S/C16H21BrO2/c1-16(2)10-12(7-8-18-16)15-5-3-11-9-13(17)4-6-14(11)19-15/h4,6,9,12,15H,3,5,7-8,10H2,1-2H3. The predicted molar refractivity (Wildman–Crippen MR) is 79.6 cm³/mol. The first-order chi connectivity index (χ1) is 9.03. The zero-order valence-electron chi connectivity index (χ0n) is 11.6. The van der Waals surface area contributed by atoms with Gasteiger partial charge >= 0.3 is 0 Å². The first kappa shape index (κ1) is 13.4. The van der Waals surface area contributed by atoms with Gasteiger partial charge in [0.05, 0.1) is 5.60 Å². The molecule has 1 saturated heterocycles. The van der Waals surface area contributed by atoms with Crippen LogP contribution >= 0.6 is 15.9 Å². The van der Waals surface area contributed by atoms with Gasteiger partial charge < -0.3 is 9.47 Å². The van der Waals surface area contributed by atoms with Crippen LogP contribution in [0.15, 0.2) is 22.7 Å². The fourth-order valence-electron chi connectivity index (χ4n) is 3.31. The number of hydrogen-bond acceptors (Lipinski definition) is 2. The highest BCUT2D eigenvalue weighted by atomic mass is 79.9. The van der Waals surface area contributed by atoms with Gasteiger partial charge in [0.25, 0.3) is 0 Å². The lowest BCUT2D eigenvalue weighted by atomic mass is 9.82. The van der Waals surface area contributed by atoms with Crippen molar-refractivity contribution in [2.75, 3.05) is 6.61 Å². The van der Waals surface area contributed by atoms with Crippen molar-refractivity contribution in [2.45, 2.75) is 51.2 Å². The van der Waals surface area contributed by atoms with Crippen molar-refractivity contribution in [3.05, 3.63) is 28.2 Å². The van der Waals surface area contributed by atoms with Crippen molar-refractivity contribution in [3.63, 3.8) is 0 Å². The first-order valence-electron chi connectivity index (χ1n) is 7.12. The second kappa shape index (κ2) is 5.10. The van der Waals surface area contributed by atoms with Crippen LogP contribution in [0.2, 0.25) is 0 Å². The van der Waals surface area contributed by atoms with Crippen molar-refractivity contribution in [1.82, 2.24) is 0 Å². The Hall–Kier alpha value is -0.540. The van der Waals surface area contributed by atoms with Crippen LogP contribution in [0.4, 0.5) is 0 Å². The van der Waals surface area contributed by atoms with E-state index in [-0.39, 0.29) is 5.60 Å².